The number of fused-ring (bicyclic) bond motifs is 1. The monoisotopic (exact) mass is 257 g/mol. The minimum Gasteiger partial charge on any atom is -0.478 e. The molecular weight excluding hydrogens is 242 g/mol. The number of carboxylic acids is 1. The SMILES string of the molecule is NC1CCN(c2c(C(=O)O)cnc3ccccc23)C1. The lowest BCUT2D eigenvalue weighted by molar-refractivity contribution is 0.0697. The van der Waals surface area contributed by atoms with Crippen molar-refractivity contribution < 1.29 is 9.90 Å². The third-order valence-electron chi connectivity index (χ3n) is 3.52. The van der Waals surface area contributed by atoms with E-state index < -0.39 is 5.97 Å². The van der Waals surface area contributed by atoms with Gasteiger partial charge in [-0.25, -0.2) is 4.79 Å². The van der Waals surface area contributed by atoms with E-state index in [2.05, 4.69) is 9.88 Å². The second kappa shape index (κ2) is 4.51. The number of carbonyl (C=O) groups is 1. The Kier molecular flexibility index (Phi) is 2.83. The van der Waals surface area contributed by atoms with Crippen LogP contribution in [0.15, 0.2) is 30.5 Å². The van der Waals surface area contributed by atoms with Crippen molar-refractivity contribution in [2.45, 2.75) is 12.5 Å². The van der Waals surface area contributed by atoms with E-state index in [1.165, 1.54) is 6.20 Å². The van der Waals surface area contributed by atoms with Gasteiger partial charge in [0.2, 0.25) is 0 Å². The fraction of sp³-hybridized carbons (Fsp3) is 0.286. The number of nitrogens with two attached hydrogens (primary N) is 1. The molecule has 0 aliphatic carbocycles. The molecule has 5 heteroatoms. The highest BCUT2D eigenvalue weighted by Crippen LogP contribution is 2.31. The van der Waals surface area contributed by atoms with Gasteiger partial charge in [0.25, 0.3) is 0 Å². The summed E-state index contributed by atoms with van der Waals surface area (Å²) in [4.78, 5) is 17.7. The number of pyridine rings is 1. The van der Waals surface area contributed by atoms with E-state index >= 15 is 0 Å². The number of aromatic nitrogens is 1. The van der Waals surface area contributed by atoms with Gasteiger partial charge in [-0.1, -0.05) is 18.2 Å². The van der Waals surface area contributed by atoms with Crippen LogP contribution in [-0.4, -0.2) is 35.2 Å². The molecule has 1 unspecified atom stereocenters. The summed E-state index contributed by atoms with van der Waals surface area (Å²) in [5.41, 5.74) is 7.72. The minimum atomic E-state index is -0.950. The van der Waals surface area contributed by atoms with Crippen molar-refractivity contribution in [2.24, 2.45) is 5.73 Å². The van der Waals surface area contributed by atoms with Crippen LogP contribution in [0.25, 0.3) is 10.9 Å². The molecular formula is C14H15N3O2. The Balaban J connectivity index is 2.23. The van der Waals surface area contributed by atoms with E-state index in [0.717, 1.165) is 29.6 Å². The number of aromatic carboxylic acids is 1. The van der Waals surface area contributed by atoms with Crippen molar-refractivity contribution >= 4 is 22.6 Å². The van der Waals surface area contributed by atoms with Crippen molar-refractivity contribution in [3.63, 3.8) is 0 Å². The van der Waals surface area contributed by atoms with Crippen molar-refractivity contribution in [2.75, 3.05) is 18.0 Å². The zero-order valence-corrected chi connectivity index (χ0v) is 10.4. The standard InChI is InChI=1S/C14H15N3O2/c15-9-5-6-17(8-9)13-10-3-1-2-4-12(10)16-7-11(13)14(18)19/h1-4,7,9H,5-6,8,15H2,(H,18,19). The molecule has 5 nitrogen and oxygen atoms in total. The first-order chi connectivity index (χ1) is 9.16. The quantitative estimate of drug-likeness (QED) is 0.851. The van der Waals surface area contributed by atoms with Crippen LogP contribution in [0.5, 0.6) is 0 Å². The van der Waals surface area contributed by atoms with Crippen LogP contribution < -0.4 is 10.6 Å². The molecule has 3 N–H and O–H groups in total. The Bertz CT molecular complexity index is 642. The number of anilines is 1. The predicted octanol–water partition coefficient (Wildman–Crippen LogP) is 1.47. The zero-order chi connectivity index (χ0) is 13.4. The van der Waals surface area contributed by atoms with E-state index in [-0.39, 0.29) is 11.6 Å². The normalized spacial score (nSPS) is 19.0. The number of carboxylic acid groups (broad SMARTS) is 1. The van der Waals surface area contributed by atoms with Gasteiger partial charge in [0, 0.05) is 30.7 Å². The van der Waals surface area contributed by atoms with Crippen LogP contribution in [0.2, 0.25) is 0 Å². The molecule has 0 radical (unpaired) electrons. The van der Waals surface area contributed by atoms with Crippen LogP contribution in [-0.2, 0) is 0 Å². The molecule has 2 heterocycles. The fourth-order valence-electron chi connectivity index (χ4n) is 2.61. The zero-order valence-electron chi connectivity index (χ0n) is 10.4. The lowest BCUT2D eigenvalue weighted by atomic mass is 10.1. The molecule has 0 saturated carbocycles. The average molecular weight is 257 g/mol. The van der Waals surface area contributed by atoms with Gasteiger partial charge in [-0.2, -0.15) is 0 Å². The van der Waals surface area contributed by atoms with Crippen molar-refractivity contribution in [3.8, 4) is 0 Å². The van der Waals surface area contributed by atoms with Gasteiger partial charge in [0.15, 0.2) is 0 Å². The summed E-state index contributed by atoms with van der Waals surface area (Å²) in [6, 6.07) is 7.70. The molecule has 3 rings (SSSR count). The van der Waals surface area contributed by atoms with Crippen molar-refractivity contribution in [3.05, 3.63) is 36.0 Å². The number of benzene rings is 1. The Morgan fingerprint density at radius 3 is 2.89 bits per heavy atom. The Hall–Kier alpha value is -2.14. The molecule has 1 saturated heterocycles. The summed E-state index contributed by atoms with van der Waals surface area (Å²) >= 11 is 0. The maximum absolute atomic E-state index is 11.4. The molecule has 1 atom stereocenters. The van der Waals surface area contributed by atoms with Gasteiger partial charge < -0.3 is 15.7 Å². The second-order valence-electron chi connectivity index (χ2n) is 4.84. The van der Waals surface area contributed by atoms with E-state index in [1.54, 1.807) is 0 Å². The Morgan fingerprint density at radius 1 is 1.42 bits per heavy atom. The molecule has 0 spiro atoms. The van der Waals surface area contributed by atoms with E-state index in [4.69, 9.17) is 5.73 Å². The van der Waals surface area contributed by atoms with Crippen molar-refractivity contribution in [1.82, 2.24) is 4.98 Å². The van der Waals surface area contributed by atoms with Gasteiger partial charge >= 0.3 is 5.97 Å². The highest BCUT2D eigenvalue weighted by atomic mass is 16.4. The third kappa shape index (κ3) is 2.02. The summed E-state index contributed by atoms with van der Waals surface area (Å²) in [6.45, 7) is 1.48. The molecule has 1 aromatic heterocycles. The lowest BCUT2D eigenvalue weighted by Crippen LogP contribution is -2.27. The van der Waals surface area contributed by atoms with Crippen LogP contribution in [0.4, 0.5) is 5.69 Å². The first-order valence-corrected chi connectivity index (χ1v) is 6.28. The highest BCUT2D eigenvalue weighted by Gasteiger charge is 2.25. The van der Waals surface area contributed by atoms with E-state index in [9.17, 15) is 9.90 Å². The van der Waals surface area contributed by atoms with E-state index in [1.807, 2.05) is 24.3 Å². The van der Waals surface area contributed by atoms with Gasteiger partial charge in [0.1, 0.15) is 5.56 Å². The van der Waals surface area contributed by atoms with Gasteiger partial charge in [-0.3, -0.25) is 4.98 Å². The maximum atomic E-state index is 11.4. The first-order valence-electron chi connectivity index (χ1n) is 6.28. The average Bonchev–Trinajstić information content (AvgIpc) is 2.83. The molecule has 1 aliphatic heterocycles. The third-order valence-corrected chi connectivity index (χ3v) is 3.52. The van der Waals surface area contributed by atoms with Crippen molar-refractivity contribution in [1.29, 1.82) is 0 Å². The minimum absolute atomic E-state index is 0.105. The van der Waals surface area contributed by atoms with Crippen LogP contribution in [0, 0.1) is 0 Å². The number of para-hydroxylation sites is 1. The number of nitrogens with zero attached hydrogens (tertiary/aromatic N) is 2. The number of rotatable bonds is 2. The maximum Gasteiger partial charge on any atom is 0.339 e. The largest absolute Gasteiger partial charge is 0.478 e. The fourth-order valence-corrected chi connectivity index (χ4v) is 2.61. The lowest BCUT2D eigenvalue weighted by Gasteiger charge is -2.22. The molecule has 98 valence electrons. The van der Waals surface area contributed by atoms with Gasteiger partial charge in [0.05, 0.1) is 11.2 Å². The molecule has 2 aromatic rings. The molecule has 1 fully saturated rings. The smallest absolute Gasteiger partial charge is 0.339 e. The summed E-state index contributed by atoms with van der Waals surface area (Å²) < 4.78 is 0. The van der Waals surface area contributed by atoms with Crippen LogP contribution >= 0.6 is 0 Å². The Morgan fingerprint density at radius 2 is 2.21 bits per heavy atom. The predicted molar refractivity (Wildman–Crippen MR) is 73.5 cm³/mol. The summed E-state index contributed by atoms with van der Waals surface area (Å²) in [6.07, 6.45) is 2.32. The molecule has 0 bridgehead atoms. The molecule has 1 aliphatic rings. The topological polar surface area (TPSA) is 79.5 Å². The summed E-state index contributed by atoms with van der Waals surface area (Å²) in [5.74, 6) is -0.950. The summed E-state index contributed by atoms with van der Waals surface area (Å²) in [7, 11) is 0. The first kappa shape index (κ1) is 11.9. The number of hydrogen-bond acceptors (Lipinski definition) is 4. The van der Waals surface area contributed by atoms with Gasteiger partial charge in [-0.05, 0) is 12.5 Å². The van der Waals surface area contributed by atoms with Gasteiger partial charge in [-0.15, -0.1) is 0 Å². The van der Waals surface area contributed by atoms with Crippen LogP contribution in [0.3, 0.4) is 0 Å². The molecule has 1 aromatic carbocycles. The second-order valence-corrected chi connectivity index (χ2v) is 4.84. The Labute approximate surface area is 110 Å². The molecule has 0 amide bonds. The van der Waals surface area contributed by atoms with Crippen LogP contribution in [0.1, 0.15) is 16.8 Å². The summed E-state index contributed by atoms with van der Waals surface area (Å²) in [5, 5.41) is 10.2. The highest BCUT2D eigenvalue weighted by molar-refractivity contribution is 6.04. The molecule has 19 heavy (non-hydrogen) atoms. The number of hydrogen-bond donors (Lipinski definition) is 2. The van der Waals surface area contributed by atoms with E-state index in [0.29, 0.717) is 6.54 Å².